The zero-order chi connectivity index (χ0) is 11.4. The predicted molar refractivity (Wildman–Crippen MR) is 74.6 cm³/mol. The quantitative estimate of drug-likeness (QED) is 0.661. The number of hydrogen-bond acceptors (Lipinski definition) is 3. The molecule has 0 aliphatic heterocycles. The van der Waals surface area contributed by atoms with E-state index in [1.54, 1.807) is 23.1 Å². The molecule has 2 rings (SSSR count). The molecular formula is C12H12ClNS2. The van der Waals surface area contributed by atoms with Gasteiger partial charge >= 0.3 is 0 Å². The summed E-state index contributed by atoms with van der Waals surface area (Å²) >= 11 is 9.54. The van der Waals surface area contributed by atoms with Gasteiger partial charge in [-0.3, -0.25) is 0 Å². The molecule has 0 fully saturated rings. The topological polar surface area (TPSA) is 26.0 Å². The van der Waals surface area contributed by atoms with Gasteiger partial charge in [0.05, 0.1) is 5.02 Å². The minimum absolute atomic E-state index is 0.746. The molecule has 1 aromatic heterocycles. The van der Waals surface area contributed by atoms with Gasteiger partial charge in [-0.1, -0.05) is 17.7 Å². The maximum absolute atomic E-state index is 6.09. The van der Waals surface area contributed by atoms with Crippen molar-refractivity contribution in [2.45, 2.75) is 11.3 Å². The molecule has 0 saturated carbocycles. The number of halogens is 1. The van der Waals surface area contributed by atoms with Crippen molar-refractivity contribution in [2.24, 2.45) is 0 Å². The van der Waals surface area contributed by atoms with Crippen molar-refractivity contribution in [3.05, 3.63) is 45.6 Å². The van der Waals surface area contributed by atoms with Crippen molar-refractivity contribution >= 4 is 40.4 Å². The second-order valence-corrected chi connectivity index (χ2v) is 5.68. The molecule has 84 valence electrons. The first-order valence-corrected chi connectivity index (χ1v) is 7.26. The lowest BCUT2D eigenvalue weighted by atomic mass is 10.3. The highest BCUT2D eigenvalue weighted by atomic mass is 35.5. The van der Waals surface area contributed by atoms with Crippen LogP contribution in [0.4, 0.5) is 5.69 Å². The Balaban J connectivity index is 1.95. The van der Waals surface area contributed by atoms with E-state index in [9.17, 15) is 0 Å². The lowest BCUT2D eigenvalue weighted by molar-refractivity contribution is 1.17. The van der Waals surface area contributed by atoms with Gasteiger partial charge in [0.2, 0.25) is 0 Å². The van der Waals surface area contributed by atoms with Crippen molar-refractivity contribution < 1.29 is 0 Å². The van der Waals surface area contributed by atoms with E-state index < -0.39 is 0 Å². The van der Waals surface area contributed by atoms with Gasteiger partial charge in [0.25, 0.3) is 0 Å². The summed E-state index contributed by atoms with van der Waals surface area (Å²) in [5, 5.41) is 5.02. The summed E-state index contributed by atoms with van der Waals surface area (Å²) in [6.45, 7) is 0. The molecule has 0 aliphatic carbocycles. The van der Waals surface area contributed by atoms with Crippen molar-refractivity contribution in [1.82, 2.24) is 0 Å². The van der Waals surface area contributed by atoms with Crippen LogP contribution in [0.5, 0.6) is 0 Å². The first kappa shape index (κ1) is 11.8. The Morgan fingerprint density at radius 2 is 2.19 bits per heavy atom. The molecule has 0 amide bonds. The number of thioether (sulfide) groups is 1. The summed E-state index contributed by atoms with van der Waals surface area (Å²) in [5.74, 6) is 1.00. The van der Waals surface area contributed by atoms with Gasteiger partial charge in [0.1, 0.15) is 0 Å². The standard InChI is InChI=1S/C12H12ClNS2/c13-10-2-1-3-11(14)12(10)16-7-5-9-4-6-15-8-9/h1-4,6,8H,5,7,14H2. The summed E-state index contributed by atoms with van der Waals surface area (Å²) in [6.07, 6.45) is 1.05. The maximum Gasteiger partial charge on any atom is 0.0562 e. The first-order chi connectivity index (χ1) is 7.77. The third-order valence-electron chi connectivity index (χ3n) is 2.21. The fourth-order valence-corrected chi connectivity index (χ4v) is 3.41. The highest BCUT2D eigenvalue weighted by Gasteiger charge is 2.04. The van der Waals surface area contributed by atoms with Gasteiger partial charge in [-0.05, 0) is 40.9 Å². The van der Waals surface area contributed by atoms with Gasteiger partial charge in [-0.15, -0.1) is 11.8 Å². The lowest BCUT2D eigenvalue weighted by Gasteiger charge is -2.06. The Bertz CT molecular complexity index is 434. The van der Waals surface area contributed by atoms with Crippen LogP contribution in [0.2, 0.25) is 5.02 Å². The highest BCUT2D eigenvalue weighted by molar-refractivity contribution is 7.99. The Labute approximate surface area is 109 Å². The number of nitrogens with two attached hydrogens (primary N) is 1. The molecule has 16 heavy (non-hydrogen) atoms. The zero-order valence-corrected chi connectivity index (χ0v) is 11.0. The van der Waals surface area contributed by atoms with Crippen molar-refractivity contribution in [2.75, 3.05) is 11.5 Å². The van der Waals surface area contributed by atoms with Gasteiger partial charge in [-0.2, -0.15) is 11.3 Å². The van der Waals surface area contributed by atoms with E-state index in [2.05, 4.69) is 16.8 Å². The number of aryl methyl sites for hydroxylation is 1. The molecule has 0 unspecified atom stereocenters. The normalized spacial score (nSPS) is 10.6. The van der Waals surface area contributed by atoms with Gasteiger partial charge in [-0.25, -0.2) is 0 Å². The second kappa shape index (κ2) is 5.62. The summed E-state index contributed by atoms with van der Waals surface area (Å²) in [7, 11) is 0. The molecule has 2 N–H and O–H groups in total. The Kier molecular flexibility index (Phi) is 4.16. The second-order valence-electron chi connectivity index (χ2n) is 3.39. The van der Waals surface area contributed by atoms with E-state index in [1.807, 2.05) is 18.2 Å². The van der Waals surface area contributed by atoms with Crippen LogP contribution in [0.15, 0.2) is 39.9 Å². The number of anilines is 1. The minimum atomic E-state index is 0.746. The van der Waals surface area contributed by atoms with E-state index in [-0.39, 0.29) is 0 Å². The minimum Gasteiger partial charge on any atom is -0.398 e. The molecule has 0 atom stereocenters. The van der Waals surface area contributed by atoms with Gasteiger partial charge < -0.3 is 5.73 Å². The van der Waals surface area contributed by atoms with Crippen molar-refractivity contribution in [3.8, 4) is 0 Å². The average Bonchev–Trinajstić information content (AvgIpc) is 2.75. The zero-order valence-electron chi connectivity index (χ0n) is 8.65. The largest absolute Gasteiger partial charge is 0.398 e. The molecule has 0 saturated heterocycles. The molecule has 0 spiro atoms. The first-order valence-electron chi connectivity index (χ1n) is 4.95. The molecule has 1 aromatic carbocycles. The summed E-state index contributed by atoms with van der Waals surface area (Å²) in [6, 6.07) is 7.80. The number of thiophene rings is 1. The molecule has 0 radical (unpaired) electrons. The van der Waals surface area contributed by atoms with E-state index >= 15 is 0 Å². The van der Waals surface area contributed by atoms with Crippen LogP contribution in [0.3, 0.4) is 0 Å². The van der Waals surface area contributed by atoms with Crippen molar-refractivity contribution in [1.29, 1.82) is 0 Å². The molecular weight excluding hydrogens is 258 g/mol. The number of benzene rings is 1. The summed E-state index contributed by atoms with van der Waals surface area (Å²) < 4.78 is 0. The van der Waals surface area contributed by atoms with Gasteiger partial charge in [0.15, 0.2) is 0 Å². The fraction of sp³-hybridized carbons (Fsp3) is 0.167. The third-order valence-corrected chi connectivity index (χ3v) is 4.53. The van der Waals surface area contributed by atoms with E-state index in [1.165, 1.54) is 5.56 Å². The van der Waals surface area contributed by atoms with Crippen LogP contribution in [-0.4, -0.2) is 5.75 Å². The smallest absolute Gasteiger partial charge is 0.0562 e. The Morgan fingerprint density at radius 1 is 1.31 bits per heavy atom. The highest BCUT2D eigenvalue weighted by Crippen LogP contribution is 2.32. The average molecular weight is 270 g/mol. The van der Waals surface area contributed by atoms with Crippen LogP contribution in [-0.2, 0) is 6.42 Å². The summed E-state index contributed by atoms with van der Waals surface area (Å²) in [5.41, 5.74) is 8.02. The van der Waals surface area contributed by atoms with Crippen LogP contribution in [0.25, 0.3) is 0 Å². The van der Waals surface area contributed by atoms with Crippen LogP contribution >= 0.6 is 34.7 Å². The van der Waals surface area contributed by atoms with E-state index in [0.717, 1.165) is 27.8 Å². The number of nitrogen functional groups attached to an aromatic ring is 1. The van der Waals surface area contributed by atoms with E-state index in [4.69, 9.17) is 17.3 Å². The van der Waals surface area contributed by atoms with Crippen LogP contribution < -0.4 is 5.73 Å². The Hall–Kier alpha value is -0.640. The molecule has 0 bridgehead atoms. The SMILES string of the molecule is Nc1cccc(Cl)c1SCCc1ccsc1. The van der Waals surface area contributed by atoms with Crippen LogP contribution in [0, 0.1) is 0 Å². The lowest BCUT2D eigenvalue weighted by Crippen LogP contribution is -1.91. The number of hydrogen-bond donors (Lipinski definition) is 1. The fourth-order valence-electron chi connectivity index (χ4n) is 1.38. The van der Waals surface area contributed by atoms with Crippen LogP contribution in [0.1, 0.15) is 5.56 Å². The van der Waals surface area contributed by atoms with Crippen molar-refractivity contribution in [3.63, 3.8) is 0 Å². The van der Waals surface area contributed by atoms with E-state index in [0.29, 0.717) is 0 Å². The molecule has 4 heteroatoms. The maximum atomic E-state index is 6.09. The monoisotopic (exact) mass is 269 g/mol. The molecule has 1 heterocycles. The molecule has 2 aromatic rings. The molecule has 0 aliphatic rings. The third kappa shape index (κ3) is 2.94. The Morgan fingerprint density at radius 3 is 2.88 bits per heavy atom. The molecule has 1 nitrogen and oxygen atoms in total. The van der Waals surface area contributed by atoms with Gasteiger partial charge in [0, 0.05) is 16.3 Å². The summed E-state index contributed by atoms with van der Waals surface area (Å²) in [4.78, 5) is 0.999. The number of rotatable bonds is 4. The predicted octanol–water partition coefficient (Wildman–Crippen LogP) is 4.32.